The van der Waals surface area contributed by atoms with Crippen LogP contribution in [-0.4, -0.2) is 147 Å². The van der Waals surface area contributed by atoms with Crippen molar-refractivity contribution in [2.75, 3.05) is 102 Å². The number of piperidine rings is 3. The highest BCUT2D eigenvalue weighted by Crippen LogP contribution is 2.42. The van der Waals surface area contributed by atoms with Crippen molar-refractivity contribution < 1.29 is 47.8 Å². The summed E-state index contributed by atoms with van der Waals surface area (Å²) in [5.41, 5.74) is 25.9. The van der Waals surface area contributed by atoms with Gasteiger partial charge in [0, 0.05) is 54.0 Å². The number of benzene rings is 3. The van der Waals surface area contributed by atoms with Crippen LogP contribution >= 0.6 is 46.9 Å². The third kappa shape index (κ3) is 19.3. The minimum absolute atomic E-state index is 0.0478. The van der Waals surface area contributed by atoms with Crippen molar-refractivity contribution >= 4 is 140 Å². The van der Waals surface area contributed by atoms with E-state index >= 15 is 0 Å². The maximum Gasteiger partial charge on any atom is 0.407 e. The summed E-state index contributed by atoms with van der Waals surface area (Å²) in [5.74, 6) is -1.41. The molecule has 28 nitrogen and oxygen atoms in total. The van der Waals surface area contributed by atoms with Crippen LogP contribution in [0.4, 0.5) is 55.7 Å². The molecular weight excluding hydrogens is 1350 g/mol. The van der Waals surface area contributed by atoms with Crippen LogP contribution < -0.4 is 64.6 Å². The van der Waals surface area contributed by atoms with Gasteiger partial charge in [0.1, 0.15) is 43.1 Å². The number of alkyl carbamates (subject to hydrolysis) is 2. The van der Waals surface area contributed by atoms with E-state index < -0.39 is 52.4 Å². The number of carbonyl (C=O) groups is 8. The lowest BCUT2D eigenvalue weighted by molar-refractivity contribution is -0.112. The summed E-state index contributed by atoms with van der Waals surface area (Å²) in [4.78, 5) is 127. The molecule has 6 aromatic rings. The minimum atomic E-state index is -0.638. The molecular formula is C67H83ClN18O10S3. The molecule has 12 rings (SSSR count). The van der Waals surface area contributed by atoms with Gasteiger partial charge in [-0.25, -0.2) is 39.5 Å². The maximum atomic E-state index is 12.2. The molecule has 0 aliphatic carbocycles. The van der Waals surface area contributed by atoms with E-state index in [4.69, 9.17) is 44.0 Å². The number of carbonyl (C=O) groups excluding carboxylic acids is 8. The van der Waals surface area contributed by atoms with Crippen LogP contribution in [0.1, 0.15) is 132 Å². The van der Waals surface area contributed by atoms with Crippen LogP contribution in [-0.2, 0) is 23.9 Å². The zero-order valence-corrected chi connectivity index (χ0v) is 59.8. The number of fused-ring (bicyclic) bond motifs is 3. The Labute approximate surface area is 591 Å². The van der Waals surface area contributed by atoms with E-state index in [0.29, 0.717) is 94.8 Å². The first kappa shape index (κ1) is 74.3. The van der Waals surface area contributed by atoms with Gasteiger partial charge in [-0.05, 0) is 152 Å². The standard InChI is InChI=1S/C24H30N6O4S.C19H22N6O2S.C12H7ClN4O2S.C12H24N2O2/c1-23(2,3)34-22(33)27-13-24(4)8-10-30(11-9-24)16-12-26-21(19(25)29-16)35-15-7-5-6-14-17(15)18(31)20(32)28-14;1-19(10-20)5-7-25(8-6-19)13-9-22-18(16(21)24-13)28-12-4-2-3-11-14(12)15(26)17(27)23-11;13-7-4-15-12(10(14)17-7)20-6-3-1-2-5-8(6)9(18)11(19)16-5;1-11(2,3)16-10(15)14-9-12(4)5-7-13-8-6-12/h5-7,12H,8-11,13H2,1-4H3,(H2,25,29)(H,27,33)(H,28,31,32);2-4,9H,5-8,10,20H2,1H3,(H2,21,24)(H,23,26,27);1-4H,(H2,14,17)(H,16,18,19);13H,5-9H2,1-4H3,(H,14,15). The fourth-order valence-electron chi connectivity index (χ4n) is 11.1. The second-order valence-electron chi connectivity index (χ2n) is 27.5. The lowest BCUT2D eigenvalue weighted by atomic mass is 9.80. The van der Waals surface area contributed by atoms with Crippen molar-refractivity contribution in [3.63, 3.8) is 0 Å². The van der Waals surface area contributed by atoms with Gasteiger partial charge in [-0.1, -0.05) is 85.9 Å². The van der Waals surface area contributed by atoms with Gasteiger partial charge in [-0.3, -0.25) is 28.8 Å². The fraction of sp³-hybridized carbons (Fsp3) is 0.433. The SMILES string of the molecule is CC1(CN)CCN(c2cnc(Sc3cccc4c3C(=O)C(=O)N4)c(N)n2)CC1.CC1(CNC(=O)OC(C)(C)C)CCN(c2cnc(Sc3cccc4c3C(=O)C(=O)N4)c(N)n2)CC1.CC1(CNC(=O)OC(C)(C)C)CCNCC1.Nc1nc(Cl)cnc1Sc1cccc2c1C(=O)C(=O)N2. The normalized spacial score (nSPS) is 17.1. The van der Waals surface area contributed by atoms with Gasteiger partial charge in [0.25, 0.3) is 35.1 Å². The Morgan fingerprint density at radius 1 is 0.525 bits per heavy atom. The van der Waals surface area contributed by atoms with Crippen LogP contribution in [0.2, 0.25) is 5.15 Å². The summed E-state index contributed by atoms with van der Waals surface area (Å²) in [5, 5.41) is 18.3. The molecule has 0 saturated carbocycles. The molecule has 99 heavy (non-hydrogen) atoms. The van der Waals surface area contributed by atoms with Gasteiger partial charge in [0.05, 0.1) is 52.3 Å². The number of ether oxygens (including phenoxy) is 2. The first-order valence-corrected chi connectivity index (χ1v) is 34.9. The van der Waals surface area contributed by atoms with Crippen LogP contribution in [0.5, 0.6) is 0 Å². The zero-order chi connectivity index (χ0) is 71.8. The predicted octanol–water partition coefficient (Wildman–Crippen LogP) is 9.29. The molecule has 3 aromatic carbocycles. The van der Waals surface area contributed by atoms with E-state index in [0.717, 1.165) is 95.4 Å². The van der Waals surface area contributed by atoms with Crippen LogP contribution in [0.25, 0.3) is 0 Å². The molecule has 6 aliphatic rings. The summed E-state index contributed by atoms with van der Waals surface area (Å²) in [7, 11) is 0. The third-order valence-electron chi connectivity index (χ3n) is 17.0. The van der Waals surface area contributed by atoms with Crippen molar-refractivity contribution in [1.29, 1.82) is 0 Å². The van der Waals surface area contributed by atoms with Crippen molar-refractivity contribution in [2.45, 2.75) is 142 Å². The Bertz CT molecular complexity index is 4090. The molecule has 5 amide bonds. The van der Waals surface area contributed by atoms with Crippen molar-refractivity contribution in [3.8, 4) is 0 Å². The summed E-state index contributed by atoms with van der Waals surface area (Å²) >= 11 is 9.30. The van der Waals surface area contributed by atoms with Crippen LogP contribution in [0.15, 0.2) is 103 Å². The number of nitrogens with one attached hydrogen (secondary N) is 6. The zero-order valence-electron chi connectivity index (χ0n) is 56.6. The van der Waals surface area contributed by atoms with E-state index in [1.807, 2.05) is 41.5 Å². The summed E-state index contributed by atoms with van der Waals surface area (Å²) in [6, 6.07) is 15.6. The number of hydrogen-bond acceptors (Lipinski definition) is 26. The highest BCUT2D eigenvalue weighted by Gasteiger charge is 2.37. The molecule has 0 radical (unpaired) electrons. The van der Waals surface area contributed by atoms with Crippen LogP contribution in [0.3, 0.4) is 0 Å². The molecule has 3 aromatic heterocycles. The number of nitrogens with zero attached hydrogens (tertiary/aromatic N) is 8. The fourth-order valence-corrected chi connectivity index (χ4v) is 14.0. The second kappa shape index (κ2) is 31.1. The number of nitrogen functional groups attached to an aromatic ring is 3. The van der Waals surface area contributed by atoms with Crippen molar-refractivity contribution in [3.05, 3.63) is 95.0 Å². The summed E-state index contributed by atoms with van der Waals surface area (Å²) in [6.45, 7) is 24.9. The van der Waals surface area contributed by atoms with E-state index in [9.17, 15) is 38.4 Å². The van der Waals surface area contributed by atoms with E-state index in [1.165, 1.54) is 29.7 Å². The number of anilines is 8. The van der Waals surface area contributed by atoms with E-state index in [2.05, 4.69) is 92.4 Å². The average Bonchev–Trinajstić information content (AvgIpc) is 1.69. The van der Waals surface area contributed by atoms with Crippen molar-refractivity contribution in [1.82, 2.24) is 45.9 Å². The summed E-state index contributed by atoms with van der Waals surface area (Å²) in [6.07, 6.45) is 9.96. The van der Waals surface area contributed by atoms with Crippen LogP contribution in [0, 0.1) is 16.2 Å². The largest absolute Gasteiger partial charge is 0.444 e. The second-order valence-corrected chi connectivity index (χ2v) is 31.0. The average molecular weight is 1430 g/mol. The third-order valence-corrected chi connectivity index (χ3v) is 20.4. The summed E-state index contributed by atoms with van der Waals surface area (Å²) < 4.78 is 10.5. The molecule has 3 fully saturated rings. The Hall–Kier alpha value is -8.88. The Morgan fingerprint density at radius 2 is 0.859 bits per heavy atom. The van der Waals surface area contributed by atoms with Gasteiger partial charge >= 0.3 is 12.2 Å². The van der Waals surface area contributed by atoms with Gasteiger partial charge in [0.2, 0.25) is 0 Å². The molecule has 526 valence electrons. The quantitative estimate of drug-likeness (QED) is 0.0481. The van der Waals surface area contributed by atoms with Crippen molar-refractivity contribution in [2.24, 2.45) is 22.0 Å². The van der Waals surface area contributed by atoms with Gasteiger partial charge in [0.15, 0.2) is 17.5 Å². The van der Waals surface area contributed by atoms with Gasteiger partial charge in [-0.15, -0.1) is 0 Å². The first-order valence-electron chi connectivity index (χ1n) is 32.1. The first-order chi connectivity index (χ1) is 46.7. The molecule has 0 unspecified atom stereocenters. The molecule has 0 spiro atoms. The number of halogens is 1. The number of amides is 5. The minimum Gasteiger partial charge on any atom is -0.444 e. The lowest BCUT2D eigenvalue weighted by Gasteiger charge is -2.40. The van der Waals surface area contributed by atoms with Gasteiger partial charge < -0.3 is 74.1 Å². The monoisotopic (exact) mass is 1430 g/mol. The molecule has 32 heteroatoms. The molecule has 0 atom stereocenters. The topological polar surface area (TPSA) is 415 Å². The number of nitrogens with two attached hydrogens (primary N) is 4. The molecule has 6 aliphatic heterocycles. The van der Waals surface area contributed by atoms with E-state index in [1.54, 1.807) is 67.0 Å². The molecule has 0 bridgehead atoms. The van der Waals surface area contributed by atoms with Gasteiger partial charge in [-0.2, -0.15) is 0 Å². The Balaban J connectivity index is 0.000000161. The number of ketones is 3. The number of rotatable bonds is 13. The number of Topliss-reactive ketones (excluding diaryl/α,β-unsaturated/α-hetero) is 3. The number of aromatic nitrogens is 6. The highest BCUT2D eigenvalue weighted by atomic mass is 35.5. The molecule has 3 saturated heterocycles. The molecule has 14 N–H and O–H groups in total. The maximum absolute atomic E-state index is 12.2. The Morgan fingerprint density at radius 3 is 1.19 bits per heavy atom. The Kier molecular flexibility index (Phi) is 23.4. The molecule has 9 heterocycles. The predicted molar refractivity (Wildman–Crippen MR) is 382 cm³/mol. The lowest BCUT2D eigenvalue weighted by Crippen LogP contribution is -2.46. The van der Waals surface area contributed by atoms with E-state index in [-0.39, 0.29) is 39.1 Å². The highest BCUT2D eigenvalue weighted by molar-refractivity contribution is 8.00. The smallest absolute Gasteiger partial charge is 0.407 e. The number of hydrogen-bond donors (Lipinski definition) is 10.